The van der Waals surface area contributed by atoms with Crippen molar-refractivity contribution < 1.29 is 51.1 Å². The van der Waals surface area contributed by atoms with Crippen molar-refractivity contribution >= 4 is 51.5 Å². The lowest BCUT2D eigenvalue weighted by atomic mass is 10.0. The molecule has 0 amide bonds. The first-order valence-electron chi connectivity index (χ1n) is 18.1. The molecule has 3 heterocycles. The first-order chi connectivity index (χ1) is 26.7. The predicted molar refractivity (Wildman–Crippen MR) is 212 cm³/mol. The van der Waals surface area contributed by atoms with Crippen LogP contribution in [0.1, 0.15) is 64.8 Å². The molecule has 2 aliphatic rings. The molecule has 7 atom stereocenters. The van der Waals surface area contributed by atoms with Gasteiger partial charge in [-0.25, -0.2) is 15.9 Å². The molecular formula is C35H50Cl2N5O13PSi. The van der Waals surface area contributed by atoms with Gasteiger partial charge in [0.2, 0.25) is 12.8 Å². The minimum Gasteiger partial charge on any atom is -0.540 e. The fourth-order valence-electron chi connectivity index (χ4n) is 5.52. The highest BCUT2D eigenvalue weighted by Crippen LogP contribution is 2.51. The quantitative estimate of drug-likeness (QED) is 0.0345. The van der Waals surface area contributed by atoms with Gasteiger partial charge in [-0.2, -0.15) is 0 Å². The van der Waals surface area contributed by atoms with Gasteiger partial charge in [0.15, 0.2) is 17.6 Å². The minimum atomic E-state index is -4.38. The number of methoxy groups -OCH3 is 1. The van der Waals surface area contributed by atoms with Crippen LogP contribution >= 0.6 is 31.0 Å². The van der Waals surface area contributed by atoms with Crippen LogP contribution in [0.5, 0.6) is 11.5 Å². The number of aromatic nitrogens is 2. The average Bonchev–Trinajstić information content (AvgIpc) is 3.69. The number of nitrogens with zero attached hydrogens (tertiary/aromatic N) is 3. The Morgan fingerprint density at radius 2 is 1.89 bits per heavy atom. The topological polar surface area (TPSA) is 215 Å². The van der Waals surface area contributed by atoms with E-state index in [1.807, 2.05) is 0 Å². The van der Waals surface area contributed by atoms with Gasteiger partial charge in [-0.15, -0.1) is 0 Å². The number of rotatable bonds is 18. The number of nitrogens with two attached hydrogens (primary N) is 1. The summed E-state index contributed by atoms with van der Waals surface area (Å²) >= 11 is 13.5. The van der Waals surface area contributed by atoms with E-state index in [1.54, 1.807) is 13.0 Å². The highest BCUT2D eigenvalue weighted by atomic mass is 35.5. The Balaban J connectivity index is 1.60. The Kier molecular flexibility index (Phi) is 16.0. The zero-order valence-corrected chi connectivity index (χ0v) is 36.5. The van der Waals surface area contributed by atoms with Crippen LogP contribution < -0.4 is 26.1 Å². The second-order valence-corrected chi connectivity index (χ2v) is 22.1. The van der Waals surface area contributed by atoms with Crippen LogP contribution in [0.4, 0.5) is 0 Å². The van der Waals surface area contributed by atoms with Gasteiger partial charge >= 0.3 is 19.5 Å². The molecule has 316 valence electrons. The predicted octanol–water partition coefficient (Wildman–Crippen LogP) is 5.79. The molecule has 2 aliphatic heterocycles. The van der Waals surface area contributed by atoms with Gasteiger partial charge in [0, 0.05) is 55.6 Å². The number of H-pyrrole nitrogens is 1. The Hall–Kier alpha value is -3.28. The molecule has 2 saturated heterocycles. The number of ether oxygens (including phenoxy) is 4. The van der Waals surface area contributed by atoms with Gasteiger partial charge in [-0.1, -0.05) is 49.1 Å². The lowest BCUT2D eigenvalue weighted by molar-refractivity contribution is -0.171. The van der Waals surface area contributed by atoms with Crippen molar-refractivity contribution in [3.8, 4) is 11.5 Å². The van der Waals surface area contributed by atoms with Crippen molar-refractivity contribution in [1.82, 2.24) is 9.55 Å². The maximum atomic E-state index is 13.9. The summed E-state index contributed by atoms with van der Waals surface area (Å²) in [6, 6.07) is 1.56. The van der Waals surface area contributed by atoms with Crippen molar-refractivity contribution in [3.63, 3.8) is 0 Å². The molecule has 22 heteroatoms. The lowest BCUT2D eigenvalue weighted by Gasteiger charge is -2.37. The van der Waals surface area contributed by atoms with Crippen LogP contribution in [0.2, 0.25) is 28.2 Å². The van der Waals surface area contributed by atoms with E-state index in [2.05, 4.69) is 48.8 Å². The molecule has 1 aromatic carbocycles. The molecule has 0 bridgehead atoms. The SMILES string of the molecule is [C-]#[N+]CCOP(=O)(OCC1CC(OC(C)=O)OC1C)OC[C@H]1O[C@@H](n2cc(CN)c(=O)[nH]c2=O)CC1O/N=C/c1c(Cl)cc(OC)c(O[Si](C)(C)C(C)(C)C)c1Cl. The molecule has 0 aliphatic carbocycles. The molecule has 5 unspecified atom stereocenters. The summed E-state index contributed by atoms with van der Waals surface area (Å²) in [5.41, 5.74) is 4.71. The Labute approximate surface area is 341 Å². The molecule has 1 aromatic heterocycles. The first kappa shape index (κ1) is 46.4. The number of esters is 1. The number of carbonyl (C=O) groups is 1. The van der Waals surface area contributed by atoms with Crippen molar-refractivity contribution in [2.24, 2.45) is 16.8 Å². The van der Waals surface area contributed by atoms with Crippen molar-refractivity contribution in [1.29, 1.82) is 0 Å². The number of hydrogen-bond acceptors (Lipinski definition) is 15. The fourth-order valence-corrected chi connectivity index (χ4v) is 8.41. The summed E-state index contributed by atoms with van der Waals surface area (Å²) in [5.74, 6) is -0.221. The van der Waals surface area contributed by atoms with Crippen LogP contribution in [-0.4, -0.2) is 88.1 Å². The summed E-state index contributed by atoms with van der Waals surface area (Å²) < 4.78 is 61.1. The second-order valence-electron chi connectivity index (χ2n) is 14.9. The maximum absolute atomic E-state index is 13.9. The summed E-state index contributed by atoms with van der Waals surface area (Å²) in [6.45, 7) is 19.3. The number of phosphoric ester groups is 1. The molecule has 0 spiro atoms. The largest absolute Gasteiger partial charge is 0.540 e. The van der Waals surface area contributed by atoms with Gasteiger partial charge in [0.1, 0.15) is 18.9 Å². The highest BCUT2D eigenvalue weighted by Gasteiger charge is 2.43. The molecule has 0 saturated carbocycles. The van der Waals surface area contributed by atoms with Gasteiger partial charge < -0.3 is 38.8 Å². The smallest absolute Gasteiger partial charge is 0.475 e. The molecule has 3 N–H and O–H groups in total. The van der Waals surface area contributed by atoms with Gasteiger partial charge in [0.25, 0.3) is 13.9 Å². The number of nitrogens with one attached hydrogen (secondary N) is 1. The fraction of sp³-hybridized carbons (Fsp3) is 0.629. The third kappa shape index (κ3) is 11.9. The van der Waals surface area contributed by atoms with Crippen molar-refractivity contribution in [2.45, 2.75) is 103 Å². The molecule has 18 nitrogen and oxygen atoms in total. The lowest BCUT2D eigenvalue weighted by Crippen LogP contribution is -2.44. The van der Waals surface area contributed by atoms with E-state index >= 15 is 0 Å². The number of halogens is 2. The minimum absolute atomic E-state index is 0.0106. The number of benzene rings is 1. The molecule has 4 rings (SSSR count). The van der Waals surface area contributed by atoms with Crippen LogP contribution in [0.15, 0.2) is 27.0 Å². The van der Waals surface area contributed by atoms with Crippen LogP contribution in [0.25, 0.3) is 4.85 Å². The van der Waals surface area contributed by atoms with Crippen LogP contribution in [0.3, 0.4) is 0 Å². The van der Waals surface area contributed by atoms with E-state index in [4.69, 9.17) is 77.3 Å². The van der Waals surface area contributed by atoms with Crippen LogP contribution in [0, 0.1) is 12.5 Å². The zero-order valence-electron chi connectivity index (χ0n) is 33.1. The van der Waals surface area contributed by atoms with E-state index in [1.165, 1.54) is 26.4 Å². The molecule has 2 fully saturated rings. The Bertz CT molecular complexity index is 1990. The summed E-state index contributed by atoms with van der Waals surface area (Å²) in [7, 11) is -5.30. The van der Waals surface area contributed by atoms with E-state index in [9.17, 15) is 18.9 Å². The van der Waals surface area contributed by atoms with E-state index in [0.717, 1.165) is 4.57 Å². The summed E-state index contributed by atoms with van der Waals surface area (Å²) in [4.78, 5) is 48.0. The Morgan fingerprint density at radius 1 is 1.19 bits per heavy atom. The maximum Gasteiger partial charge on any atom is 0.475 e. The van der Waals surface area contributed by atoms with Gasteiger partial charge in [-0.05, 0) is 25.1 Å². The zero-order chi connectivity index (χ0) is 42.3. The Morgan fingerprint density at radius 3 is 2.53 bits per heavy atom. The summed E-state index contributed by atoms with van der Waals surface area (Å²) in [5, 5.41) is 4.34. The molecule has 0 radical (unpaired) electrons. The first-order valence-corrected chi connectivity index (χ1v) is 23.2. The number of phosphoric acid groups is 1. The van der Waals surface area contributed by atoms with Gasteiger partial charge in [0.05, 0.1) is 42.7 Å². The standard InChI is InChI=1S/C35H50Cl2N5O13PSi/c1-20-22(12-30(51-20)52-21(2)43)18-49-56(46,48-11-10-39-6)50-19-28-26(14-29(53-28)42-17-23(15-38)33(44)41-34(42)45)54-40-16-24-25(36)13-27(47-7)32(31(24)37)55-57(8,9)35(3,4)5/h13,16-17,20,22,26,28-30H,10-12,14-15,18-19,38H2,1-5,7-9H3,(H,41,44,45)/b40-16+/t20?,22?,26?,28-,29-,30?,56?/m1/s1. The molecular weight excluding hydrogens is 828 g/mol. The third-order valence-electron chi connectivity index (χ3n) is 9.81. The normalized spacial score (nSPS) is 23.6. The van der Waals surface area contributed by atoms with E-state index < -0.39 is 70.8 Å². The number of aromatic amines is 1. The summed E-state index contributed by atoms with van der Waals surface area (Å²) in [6.07, 6.45) is -1.43. The molecule has 2 aromatic rings. The number of hydrogen-bond donors (Lipinski definition) is 2. The highest BCUT2D eigenvalue weighted by molar-refractivity contribution is 7.48. The third-order valence-corrected chi connectivity index (χ3v) is 16.3. The molecule has 57 heavy (non-hydrogen) atoms. The average molecular weight is 879 g/mol. The monoisotopic (exact) mass is 877 g/mol. The second kappa shape index (κ2) is 19.6. The van der Waals surface area contributed by atoms with Crippen molar-refractivity contribution in [2.75, 3.05) is 33.5 Å². The van der Waals surface area contributed by atoms with Crippen LogP contribution in [-0.2, 0) is 48.5 Å². The van der Waals surface area contributed by atoms with Crippen molar-refractivity contribution in [3.05, 3.63) is 65.7 Å². The van der Waals surface area contributed by atoms with E-state index in [-0.39, 0.29) is 71.3 Å². The number of carbonyl (C=O) groups excluding carboxylic acids is 1. The number of oxime groups is 1. The van der Waals surface area contributed by atoms with Gasteiger partial charge in [-0.3, -0.25) is 32.7 Å². The van der Waals surface area contributed by atoms with E-state index in [0.29, 0.717) is 11.5 Å².